The van der Waals surface area contributed by atoms with Crippen LogP contribution in [0.4, 0.5) is 8.78 Å². The van der Waals surface area contributed by atoms with Crippen LogP contribution in [0.1, 0.15) is 11.6 Å². The summed E-state index contributed by atoms with van der Waals surface area (Å²) in [5.41, 5.74) is -0.261. The Morgan fingerprint density at radius 3 is 2.56 bits per heavy atom. The molecule has 0 bridgehead atoms. The smallest absolute Gasteiger partial charge is 0.331 e. The molecule has 16 heavy (non-hydrogen) atoms. The van der Waals surface area contributed by atoms with E-state index in [1.165, 1.54) is 7.05 Å². The van der Waals surface area contributed by atoms with Crippen molar-refractivity contribution in [1.29, 1.82) is 0 Å². The van der Waals surface area contributed by atoms with Crippen molar-refractivity contribution in [2.45, 2.75) is 6.04 Å². The quantitative estimate of drug-likeness (QED) is 0.788. The second kappa shape index (κ2) is 4.69. The molecule has 1 unspecified atom stereocenters. The SMILES string of the molecule is CN(C=O)C(C(=O)O)c1ccc(F)cc1F. The number of rotatable bonds is 4. The highest BCUT2D eigenvalue weighted by molar-refractivity contribution is 5.78. The van der Waals surface area contributed by atoms with Gasteiger partial charge < -0.3 is 10.0 Å². The normalized spacial score (nSPS) is 11.9. The monoisotopic (exact) mass is 229 g/mol. The Morgan fingerprint density at radius 1 is 1.50 bits per heavy atom. The van der Waals surface area contributed by atoms with E-state index in [1.807, 2.05) is 0 Å². The molecule has 1 amide bonds. The Balaban J connectivity index is 3.21. The molecule has 1 aromatic carbocycles. The lowest BCUT2D eigenvalue weighted by atomic mass is 10.1. The van der Waals surface area contributed by atoms with Crippen LogP contribution in [0.25, 0.3) is 0 Å². The Kier molecular flexibility index (Phi) is 3.55. The van der Waals surface area contributed by atoms with E-state index >= 15 is 0 Å². The van der Waals surface area contributed by atoms with E-state index in [0.717, 1.165) is 17.0 Å². The molecule has 1 atom stereocenters. The maximum Gasteiger partial charge on any atom is 0.331 e. The lowest BCUT2D eigenvalue weighted by molar-refractivity contribution is -0.145. The first-order valence-electron chi connectivity index (χ1n) is 4.32. The van der Waals surface area contributed by atoms with E-state index in [0.29, 0.717) is 6.07 Å². The molecule has 0 aliphatic rings. The summed E-state index contributed by atoms with van der Waals surface area (Å²) >= 11 is 0. The van der Waals surface area contributed by atoms with Crippen LogP contribution in [0.2, 0.25) is 0 Å². The van der Waals surface area contributed by atoms with Crippen LogP contribution in [0.5, 0.6) is 0 Å². The van der Waals surface area contributed by atoms with Crippen molar-refractivity contribution in [1.82, 2.24) is 4.90 Å². The van der Waals surface area contributed by atoms with Gasteiger partial charge >= 0.3 is 5.97 Å². The van der Waals surface area contributed by atoms with Crippen LogP contribution in [-0.4, -0.2) is 29.4 Å². The number of hydrogen-bond donors (Lipinski definition) is 1. The minimum absolute atomic E-state index is 0.261. The fourth-order valence-corrected chi connectivity index (χ4v) is 1.31. The average molecular weight is 229 g/mol. The van der Waals surface area contributed by atoms with Crippen molar-refractivity contribution < 1.29 is 23.5 Å². The second-order valence-corrected chi connectivity index (χ2v) is 3.18. The zero-order valence-corrected chi connectivity index (χ0v) is 8.35. The largest absolute Gasteiger partial charge is 0.479 e. The topological polar surface area (TPSA) is 57.6 Å². The molecular weight excluding hydrogens is 220 g/mol. The maximum atomic E-state index is 13.3. The van der Waals surface area contributed by atoms with Crippen molar-refractivity contribution in [3.05, 3.63) is 35.4 Å². The highest BCUT2D eigenvalue weighted by Gasteiger charge is 2.26. The first-order chi connectivity index (χ1) is 7.47. The van der Waals surface area contributed by atoms with Crippen molar-refractivity contribution in [2.24, 2.45) is 0 Å². The second-order valence-electron chi connectivity index (χ2n) is 3.18. The molecule has 1 N–H and O–H groups in total. The van der Waals surface area contributed by atoms with Gasteiger partial charge in [0.15, 0.2) is 6.04 Å². The number of aliphatic carboxylic acids is 1. The Bertz CT molecular complexity index is 423. The van der Waals surface area contributed by atoms with E-state index in [1.54, 1.807) is 0 Å². The van der Waals surface area contributed by atoms with Gasteiger partial charge in [0.1, 0.15) is 11.6 Å². The first kappa shape index (κ1) is 12.1. The predicted molar refractivity (Wildman–Crippen MR) is 50.6 cm³/mol. The van der Waals surface area contributed by atoms with Crippen LogP contribution in [-0.2, 0) is 9.59 Å². The predicted octanol–water partition coefficient (Wildman–Crippen LogP) is 1.18. The summed E-state index contributed by atoms with van der Waals surface area (Å²) in [4.78, 5) is 22.1. The van der Waals surface area contributed by atoms with Crippen molar-refractivity contribution in [3.63, 3.8) is 0 Å². The number of likely N-dealkylation sites (N-methyl/N-ethyl adjacent to an activating group) is 1. The fraction of sp³-hybridized carbons (Fsp3) is 0.200. The number of carboxylic acids is 1. The Morgan fingerprint density at radius 2 is 2.12 bits per heavy atom. The molecule has 0 aliphatic carbocycles. The Labute approximate surface area is 90.1 Å². The van der Waals surface area contributed by atoms with E-state index in [2.05, 4.69) is 0 Å². The molecule has 4 nitrogen and oxygen atoms in total. The number of hydrogen-bond acceptors (Lipinski definition) is 2. The minimum Gasteiger partial charge on any atom is -0.479 e. The molecule has 0 saturated carbocycles. The van der Waals surface area contributed by atoms with Crippen LogP contribution >= 0.6 is 0 Å². The number of halogens is 2. The van der Waals surface area contributed by atoms with E-state index < -0.39 is 23.6 Å². The van der Waals surface area contributed by atoms with Gasteiger partial charge in [-0.05, 0) is 6.07 Å². The first-order valence-corrected chi connectivity index (χ1v) is 4.32. The molecule has 0 fully saturated rings. The van der Waals surface area contributed by atoms with Gasteiger partial charge in [0.2, 0.25) is 6.41 Å². The number of carboxylic acid groups (broad SMARTS) is 1. The molecule has 0 radical (unpaired) electrons. The summed E-state index contributed by atoms with van der Waals surface area (Å²) in [6.07, 6.45) is 0.265. The van der Waals surface area contributed by atoms with Gasteiger partial charge in [0.25, 0.3) is 0 Å². The lowest BCUT2D eigenvalue weighted by Crippen LogP contribution is -2.30. The molecule has 86 valence electrons. The van der Waals surface area contributed by atoms with Gasteiger partial charge in [-0.15, -0.1) is 0 Å². The summed E-state index contributed by atoms with van der Waals surface area (Å²) in [6.45, 7) is 0. The van der Waals surface area contributed by atoms with Gasteiger partial charge in [-0.25, -0.2) is 13.6 Å². The molecule has 0 aromatic heterocycles. The van der Waals surface area contributed by atoms with E-state index in [-0.39, 0.29) is 12.0 Å². The fourth-order valence-electron chi connectivity index (χ4n) is 1.31. The molecule has 6 heteroatoms. The number of amides is 1. The van der Waals surface area contributed by atoms with Gasteiger partial charge in [-0.3, -0.25) is 4.79 Å². The number of nitrogens with zero attached hydrogens (tertiary/aromatic N) is 1. The van der Waals surface area contributed by atoms with Crippen molar-refractivity contribution >= 4 is 12.4 Å². The molecule has 1 rings (SSSR count). The highest BCUT2D eigenvalue weighted by atomic mass is 19.1. The number of carbonyl (C=O) groups is 2. The molecule has 0 heterocycles. The number of carbonyl (C=O) groups excluding carboxylic acids is 1. The van der Waals surface area contributed by atoms with Crippen LogP contribution in [0, 0.1) is 11.6 Å². The summed E-state index contributed by atoms with van der Waals surface area (Å²) in [6, 6.07) is 1.05. The highest BCUT2D eigenvalue weighted by Crippen LogP contribution is 2.22. The lowest BCUT2D eigenvalue weighted by Gasteiger charge is -2.21. The van der Waals surface area contributed by atoms with Crippen LogP contribution in [0.15, 0.2) is 18.2 Å². The summed E-state index contributed by atoms with van der Waals surface area (Å²) in [7, 11) is 1.20. The molecular formula is C10H9F2NO3. The summed E-state index contributed by atoms with van der Waals surface area (Å²) < 4.78 is 25.9. The van der Waals surface area contributed by atoms with Gasteiger partial charge in [-0.2, -0.15) is 0 Å². The molecule has 0 aliphatic heterocycles. The van der Waals surface area contributed by atoms with Gasteiger partial charge in [0.05, 0.1) is 0 Å². The van der Waals surface area contributed by atoms with Gasteiger partial charge in [-0.1, -0.05) is 6.07 Å². The molecule has 0 saturated heterocycles. The third-order valence-electron chi connectivity index (χ3n) is 2.06. The van der Waals surface area contributed by atoms with E-state index in [9.17, 15) is 18.4 Å². The zero-order valence-electron chi connectivity index (χ0n) is 8.35. The standard InChI is InChI=1S/C10H9F2NO3/c1-13(5-14)9(10(15)16)7-3-2-6(11)4-8(7)12/h2-5,9H,1H3,(H,15,16). The summed E-state index contributed by atoms with van der Waals surface area (Å²) in [5, 5.41) is 8.86. The molecule has 0 spiro atoms. The summed E-state index contributed by atoms with van der Waals surface area (Å²) in [5.74, 6) is -3.19. The third kappa shape index (κ3) is 2.33. The van der Waals surface area contributed by atoms with E-state index in [4.69, 9.17) is 5.11 Å². The number of benzene rings is 1. The van der Waals surface area contributed by atoms with Crippen molar-refractivity contribution in [3.8, 4) is 0 Å². The maximum absolute atomic E-state index is 13.3. The van der Waals surface area contributed by atoms with Crippen LogP contribution in [0.3, 0.4) is 0 Å². The zero-order chi connectivity index (χ0) is 12.3. The van der Waals surface area contributed by atoms with Gasteiger partial charge in [0, 0.05) is 18.7 Å². The minimum atomic E-state index is -1.46. The molecule has 1 aromatic rings. The third-order valence-corrected chi connectivity index (χ3v) is 2.06. The Hall–Kier alpha value is -1.98. The van der Waals surface area contributed by atoms with Crippen LogP contribution < -0.4 is 0 Å². The average Bonchev–Trinajstić information content (AvgIpc) is 2.21. The van der Waals surface area contributed by atoms with Crippen molar-refractivity contribution in [2.75, 3.05) is 7.05 Å².